The molecule has 0 bridgehead atoms. The average Bonchev–Trinajstić information content (AvgIpc) is 2.72. The van der Waals surface area contributed by atoms with Gasteiger partial charge in [0.05, 0.1) is 7.11 Å². The highest BCUT2D eigenvalue weighted by Gasteiger charge is 2.35. The van der Waals surface area contributed by atoms with Crippen LogP contribution >= 0.6 is 11.6 Å². The lowest BCUT2D eigenvalue weighted by atomic mass is 9.78. The molecule has 31 heavy (non-hydrogen) atoms. The van der Waals surface area contributed by atoms with Gasteiger partial charge in [-0.1, -0.05) is 23.7 Å². The zero-order valence-corrected chi connectivity index (χ0v) is 19.4. The Hall–Kier alpha value is -2.12. The summed E-state index contributed by atoms with van der Waals surface area (Å²) in [5, 5.41) is 3.43. The number of carbonyl (C=O) groups excluding carboxylic acids is 3. The number of halogens is 1. The van der Waals surface area contributed by atoms with Crippen LogP contribution in [0.2, 0.25) is 5.02 Å². The average molecular weight is 453 g/mol. The second kappa shape index (κ2) is 11.0. The van der Waals surface area contributed by atoms with Crippen molar-refractivity contribution in [2.45, 2.75) is 70.6 Å². The number of nitrogens with one attached hydrogen (secondary N) is 1. The lowest BCUT2D eigenvalue weighted by Crippen LogP contribution is -2.47. The van der Waals surface area contributed by atoms with Crippen LogP contribution < -0.4 is 11.1 Å². The van der Waals surface area contributed by atoms with E-state index < -0.39 is 29.6 Å². The van der Waals surface area contributed by atoms with Crippen LogP contribution in [0.5, 0.6) is 0 Å². The molecule has 1 aliphatic carbocycles. The van der Waals surface area contributed by atoms with E-state index in [0.29, 0.717) is 37.1 Å². The predicted octanol–water partition coefficient (Wildman–Crippen LogP) is 3.02. The van der Waals surface area contributed by atoms with Crippen LogP contribution in [0.15, 0.2) is 24.3 Å². The molecule has 0 aliphatic heterocycles. The van der Waals surface area contributed by atoms with Gasteiger partial charge < -0.3 is 20.5 Å². The first-order chi connectivity index (χ1) is 14.5. The largest absolute Gasteiger partial charge is 0.467 e. The maximum absolute atomic E-state index is 12.8. The van der Waals surface area contributed by atoms with Crippen LogP contribution in [0.25, 0.3) is 0 Å². The van der Waals surface area contributed by atoms with E-state index in [9.17, 15) is 14.4 Å². The van der Waals surface area contributed by atoms with Crippen molar-refractivity contribution in [3.8, 4) is 0 Å². The van der Waals surface area contributed by atoms with Gasteiger partial charge in [0.15, 0.2) is 0 Å². The van der Waals surface area contributed by atoms with Crippen molar-refractivity contribution < 1.29 is 23.9 Å². The van der Waals surface area contributed by atoms with Crippen LogP contribution in [0.3, 0.4) is 0 Å². The summed E-state index contributed by atoms with van der Waals surface area (Å²) < 4.78 is 10.2. The van der Waals surface area contributed by atoms with Gasteiger partial charge in [-0.25, -0.2) is 4.79 Å². The Morgan fingerprint density at radius 2 is 1.68 bits per heavy atom. The van der Waals surface area contributed by atoms with Crippen molar-refractivity contribution in [3.63, 3.8) is 0 Å². The van der Waals surface area contributed by atoms with E-state index in [1.54, 1.807) is 32.9 Å². The standard InChI is InChI=1S/C23H33ClN2O5/c1-23(2,3)31-22(29)19(25)15-7-9-16(10-8-15)20(27)26-18(21(28)30-4)13-14-5-11-17(24)12-6-14/h5-6,11-12,15-16,18-19H,7-10,13,25H2,1-4H3,(H,26,27). The molecular formula is C23H33ClN2O5. The summed E-state index contributed by atoms with van der Waals surface area (Å²) in [6, 6.07) is 5.63. The van der Waals surface area contributed by atoms with Gasteiger partial charge in [0.1, 0.15) is 17.7 Å². The van der Waals surface area contributed by atoms with Gasteiger partial charge in [0.25, 0.3) is 0 Å². The number of amides is 1. The first kappa shape index (κ1) is 25.1. The molecule has 2 rings (SSSR count). The number of esters is 2. The molecule has 0 aromatic heterocycles. The summed E-state index contributed by atoms with van der Waals surface area (Å²) in [5.74, 6) is -1.35. The highest BCUT2D eigenvalue weighted by atomic mass is 35.5. The number of benzene rings is 1. The Labute approximate surface area is 189 Å². The molecule has 1 fully saturated rings. The third-order valence-corrected chi connectivity index (χ3v) is 5.74. The molecule has 1 amide bonds. The number of carbonyl (C=O) groups is 3. The van der Waals surface area contributed by atoms with Crippen molar-refractivity contribution in [1.82, 2.24) is 5.32 Å². The van der Waals surface area contributed by atoms with Gasteiger partial charge in [-0.3, -0.25) is 9.59 Å². The number of methoxy groups -OCH3 is 1. The van der Waals surface area contributed by atoms with E-state index in [1.165, 1.54) is 7.11 Å². The molecule has 7 nitrogen and oxygen atoms in total. The minimum Gasteiger partial charge on any atom is -0.467 e. The maximum Gasteiger partial charge on any atom is 0.328 e. The fourth-order valence-corrected chi connectivity index (χ4v) is 3.91. The monoisotopic (exact) mass is 452 g/mol. The van der Waals surface area contributed by atoms with E-state index in [4.69, 9.17) is 26.8 Å². The van der Waals surface area contributed by atoms with E-state index in [0.717, 1.165) is 5.56 Å². The van der Waals surface area contributed by atoms with Crippen molar-refractivity contribution in [2.75, 3.05) is 7.11 Å². The molecule has 2 atom stereocenters. The molecule has 0 heterocycles. The second-order valence-corrected chi connectivity index (χ2v) is 9.52. The number of nitrogens with two attached hydrogens (primary N) is 1. The minimum atomic E-state index is -0.777. The Balaban J connectivity index is 1.91. The first-order valence-electron chi connectivity index (χ1n) is 10.6. The maximum atomic E-state index is 12.8. The zero-order chi connectivity index (χ0) is 23.2. The second-order valence-electron chi connectivity index (χ2n) is 9.09. The van der Waals surface area contributed by atoms with Crippen LogP contribution in [0.4, 0.5) is 0 Å². The molecule has 1 aromatic carbocycles. The molecule has 172 valence electrons. The summed E-state index contributed by atoms with van der Waals surface area (Å²) in [5.41, 5.74) is 6.39. The van der Waals surface area contributed by atoms with Gasteiger partial charge in [-0.2, -0.15) is 0 Å². The molecule has 2 unspecified atom stereocenters. The molecule has 8 heteroatoms. The van der Waals surface area contributed by atoms with Crippen LogP contribution in [-0.2, 0) is 30.3 Å². The van der Waals surface area contributed by atoms with E-state index in [-0.39, 0.29) is 17.7 Å². The Bertz CT molecular complexity index is 767. The van der Waals surface area contributed by atoms with Gasteiger partial charge in [0, 0.05) is 17.4 Å². The van der Waals surface area contributed by atoms with Crippen LogP contribution in [0, 0.1) is 11.8 Å². The fourth-order valence-electron chi connectivity index (χ4n) is 3.78. The molecule has 0 spiro atoms. The van der Waals surface area contributed by atoms with Crippen LogP contribution in [0.1, 0.15) is 52.0 Å². The summed E-state index contributed by atoms with van der Waals surface area (Å²) in [7, 11) is 1.30. The minimum absolute atomic E-state index is 0.0237. The smallest absolute Gasteiger partial charge is 0.328 e. The molecule has 0 radical (unpaired) electrons. The lowest BCUT2D eigenvalue weighted by Gasteiger charge is -2.32. The van der Waals surface area contributed by atoms with Crippen LogP contribution in [-0.4, -0.2) is 42.6 Å². The highest BCUT2D eigenvalue weighted by molar-refractivity contribution is 6.30. The van der Waals surface area contributed by atoms with E-state index in [1.807, 2.05) is 12.1 Å². The van der Waals surface area contributed by atoms with Crippen molar-refractivity contribution in [2.24, 2.45) is 17.6 Å². The summed E-state index contributed by atoms with van der Waals surface area (Å²) >= 11 is 5.91. The Morgan fingerprint density at radius 3 is 2.19 bits per heavy atom. The zero-order valence-electron chi connectivity index (χ0n) is 18.7. The Morgan fingerprint density at radius 1 is 1.10 bits per heavy atom. The van der Waals surface area contributed by atoms with Crippen molar-refractivity contribution in [1.29, 1.82) is 0 Å². The summed E-state index contributed by atoms with van der Waals surface area (Å²) in [6.07, 6.45) is 2.81. The molecule has 1 aliphatic rings. The van der Waals surface area contributed by atoms with Gasteiger partial charge in [-0.05, 0) is 70.1 Å². The van der Waals surface area contributed by atoms with Gasteiger partial charge in [-0.15, -0.1) is 0 Å². The fraction of sp³-hybridized carbons (Fsp3) is 0.609. The molecule has 0 saturated heterocycles. The molecule has 3 N–H and O–H groups in total. The van der Waals surface area contributed by atoms with Gasteiger partial charge >= 0.3 is 11.9 Å². The molecule has 1 saturated carbocycles. The number of ether oxygens (including phenoxy) is 2. The lowest BCUT2D eigenvalue weighted by molar-refractivity contribution is -0.158. The molecule has 1 aromatic rings. The van der Waals surface area contributed by atoms with E-state index >= 15 is 0 Å². The summed E-state index contributed by atoms with van der Waals surface area (Å²) in [4.78, 5) is 37.2. The SMILES string of the molecule is COC(=O)C(Cc1ccc(Cl)cc1)NC(=O)C1CCC(C(N)C(=O)OC(C)(C)C)CC1. The quantitative estimate of drug-likeness (QED) is 0.615. The summed E-state index contributed by atoms with van der Waals surface area (Å²) in [6.45, 7) is 5.42. The number of hydrogen-bond donors (Lipinski definition) is 2. The van der Waals surface area contributed by atoms with Gasteiger partial charge in [0.2, 0.25) is 5.91 Å². The third-order valence-electron chi connectivity index (χ3n) is 5.48. The number of rotatable bonds is 7. The number of hydrogen-bond acceptors (Lipinski definition) is 6. The normalized spacial score (nSPS) is 21.0. The van der Waals surface area contributed by atoms with Crippen molar-refractivity contribution >= 4 is 29.4 Å². The molecular weight excluding hydrogens is 420 g/mol. The predicted molar refractivity (Wildman–Crippen MR) is 118 cm³/mol. The topological polar surface area (TPSA) is 108 Å². The first-order valence-corrected chi connectivity index (χ1v) is 11.0. The third kappa shape index (κ3) is 7.82. The Kier molecular flexibility index (Phi) is 8.89. The van der Waals surface area contributed by atoms with E-state index in [2.05, 4.69) is 5.32 Å². The van der Waals surface area contributed by atoms with Crippen molar-refractivity contribution in [3.05, 3.63) is 34.9 Å². The highest BCUT2D eigenvalue weighted by Crippen LogP contribution is 2.31.